The maximum atomic E-state index is 9.00. The van der Waals surface area contributed by atoms with Crippen LogP contribution in [0.25, 0.3) is 0 Å². The van der Waals surface area contributed by atoms with Crippen LogP contribution in [0.1, 0.15) is 33.1 Å². The van der Waals surface area contributed by atoms with Crippen molar-refractivity contribution in [3.8, 4) is 0 Å². The zero-order chi connectivity index (χ0) is 13.1. The van der Waals surface area contributed by atoms with Crippen LogP contribution < -0.4 is 11.5 Å². The van der Waals surface area contributed by atoms with Crippen LogP contribution in [0, 0.1) is 5.92 Å². The van der Waals surface area contributed by atoms with E-state index in [1.165, 1.54) is 24.8 Å². The van der Waals surface area contributed by atoms with Gasteiger partial charge in [-0.25, -0.2) is 4.79 Å². The molecule has 1 aliphatic rings. The van der Waals surface area contributed by atoms with E-state index in [9.17, 15) is 0 Å². The van der Waals surface area contributed by atoms with Gasteiger partial charge in [0.05, 0.1) is 0 Å². The summed E-state index contributed by atoms with van der Waals surface area (Å²) in [7, 11) is 0. The molecule has 0 radical (unpaired) electrons. The summed E-state index contributed by atoms with van der Waals surface area (Å²) in [5, 5.41) is 12.0. The summed E-state index contributed by atoms with van der Waals surface area (Å²) >= 11 is 0. The summed E-state index contributed by atoms with van der Waals surface area (Å²) in [6.07, 6.45) is 6.17. The Kier molecular flexibility index (Phi) is 10.9. The summed E-state index contributed by atoms with van der Waals surface area (Å²) in [5.74, 6) is 0.767. The van der Waals surface area contributed by atoms with Gasteiger partial charge in [-0.2, -0.15) is 0 Å². The molecular formula is C11H22N2O3. The van der Waals surface area contributed by atoms with Gasteiger partial charge in [-0.1, -0.05) is 23.8 Å². The molecule has 5 nitrogen and oxygen atoms in total. The highest BCUT2D eigenvalue weighted by molar-refractivity contribution is 5.69. The van der Waals surface area contributed by atoms with Crippen LogP contribution in [0.15, 0.2) is 23.8 Å². The minimum Gasteiger partial charge on any atom is -0.352 e. The fourth-order valence-corrected chi connectivity index (χ4v) is 1.41. The van der Waals surface area contributed by atoms with Crippen molar-refractivity contribution in [3.05, 3.63) is 23.8 Å². The number of carbonyl (C=O) groups excluding carboxylic acids is 1. The summed E-state index contributed by atoms with van der Waals surface area (Å²) in [5.41, 5.74) is 11.4. The Labute approximate surface area is 96.4 Å². The van der Waals surface area contributed by atoms with Gasteiger partial charge >= 0.3 is 6.03 Å². The van der Waals surface area contributed by atoms with Crippen molar-refractivity contribution in [2.75, 3.05) is 0 Å². The van der Waals surface area contributed by atoms with Crippen LogP contribution in [0.5, 0.6) is 0 Å². The second-order valence-corrected chi connectivity index (χ2v) is 3.77. The topological polar surface area (TPSA) is 110 Å². The molecule has 0 fully saturated rings. The Morgan fingerprint density at radius 3 is 2.19 bits per heavy atom. The zero-order valence-electron chi connectivity index (χ0n) is 9.94. The van der Waals surface area contributed by atoms with E-state index in [0.29, 0.717) is 0 Å². The van der Waals surface area contributed by atoms with E-state index in [1.807, 2.05) is 0 Å². The third kappa shape index (κ3) is 10.7. The van der Waals surface area contributed by atoms with Crippen LogP contribution in [0.2, 0.25) is 0 Å². The molecule has 16 heavy (non-hydrogen) atoms. The van der Waals surface area contributed by atoms with Gasteiger partial charge in [0.25, 0.3) is 0 Å². The normalized spacial score (nSPS) is 18.0. The van der Waals surface area contributed by atoms with Crippen molar-refractivity contribution in [2.45, 2.75) is 33.1 Å². The van der Waals surface area contributed by atoms with E-state index in [2.05, 4.69) is 38.0 Å². The lowest BCUT2D eigenvalue weighted by Crippen LogP contribution is -2.18. The number of primary amides is 2. The predicted molar refractivity (Wildman–Crippen MR) is 64.9 cm³/mol. The fourth-order valence-electron chi connectivity index (χ4n) is 1.41. The lowest BCUT2D eigenvalue weighted by molar-refractivity contribution is -0.176. The molecule has 1 aliphatic carbocycles. The monoisotopic (exact) mass is 230 g/mol. The van der Waals surface area contributed by atoms with Crippen molar-refractivity contribution < 1.29 is 15.3 Å². The van der Waals surface area contributed by atoms with Gasteiger partial charge in [-0.3, -0.25) is 10.5 Å². The second kappa shape index (κ2) is 10.2. The molecule has 1 atom stereocenters. The van der Waals surface area contributed by atoms with E-state index in [-0.39, 0.29) is 0 Å². The number of amides is 2. The quantitative estimate of drug-likeness (QED) is 0.315. The van der Waals surface area contributed by atoms with E-state index in [0.717, 1.165) is 5.92 Å². The van der Waals surface area contributed by atoms with Crippen LogP contribution in [0.3, 0.4) is 0 Å². The molecule has 0 saturated heterocycles. The molecule has 5 heteroatoms. The molecule has 1 rings (SSSR count). The first kappa shape index (κ1) is 17.1. The number of hydrogen-bond acceptors (Lipinski definition) is 3. The number of allylic oxidation sites excluding steroid dienone is 3. The van der Waals surface area contributed by atoms with Crippen LogP contribution in [-0.2, 0) is 0 Å². The Morgan fingerprint density at radius 1 is 1.50 bits per heavy atom. The SMILES string of the molecule is C=C(C)[C@H]1CC=C(C)CC1.NC(N)=O.OO. The molecule has 2 amide bonds. The maximum absolute atomic E-state index is 9.00. The van der Waals surface area contributed by atoms with Crippen LogP contribution in [-0.4, -0.2) is 16.5 Å². The zero-order valence-corrected chi connectivity index (χ0v) is 9.94. The molecule has 0 aromatic rings. The van der Waals surface area contributed by atoms with E-state index < -0.39 is 6.03 Å². The number of nitrogens with two attached hydrogens (primary N) is 2. The Balaban J connectivity index is 0. The van der Waals surface area contributed by atoms with Gasteiger partial charge in [-0.15, -0.1) is 0 Å². The molecular weight excluding hydrogens is 208 g/mol. The Morgan fingerprint density at radius 2 is 1.94 bits per heavy atom. The molecule has 0 saturated carbocycles. The molecule has 6 N–H and O–H groups in total. The van der Waals surface area contributed by atoms with E-state index >= 15 is 0 Å². The lowest BCUT2D eigenvalue weighted by Gasteiger charge is -2.19. The molecule has 0 aromatic heterocycles. The smallest absolute Gasteiger partial charge is 0.309 e. The molecule has 0 unspecified atom stereocenters. The first-order valence-corrected chi connectivity index (χ1v) is 4.99. The van der Waals surface area contributed by atoms with Crippen molar-refractivity contribution in [3.63, 3.8) is 0 Å². The fraction of sp³-hybridized carbons (Fsp3) is 0.545. The number of hydrogen-bond donors (Lipinski definition) is 4. The number of urea groups is 1. The summed E-state index contributed by atoms with van der Waals surface area (Å²) < 4.78 is 0. The Bertz CT molecular complexity index is 246. The molecule has 0 aromatic carbocycles. The molecule has 0 heterocycles. The highest BCUT2D eigenvalue weighted by Crippen LogP contribution is 2.27. The van der Waals surface area contributed by atoms with Gasteiger partial charge < -0.3 is 11.5 Å². The van der Waals surface area contributed by atoms with Crippen molar-refractivity contribution in [1.82, 2.24) is 0 Å². The molecule has 94 valence electrons. The first-order valence-electron chi connectivity index (χ1n) is 4.99. The summed E-state index contributed by atoms with van der Waals surface area (Å²) in [6, 6.07) is -0.833. The van der Waals surface area contributed by atoms with Gasteiger partial charge in [0.2, 0.25) is 0 Å². The largest absolute Gasteiger partial charge is 0.352 e. The number of carbonyl (C=O) groups is 1. The van der Waals surface area contributed by atoms with E-state index in [4.69, 9.17) is 15.3 Å². The van der Waals surface area contributed by atoms with E-state index in [1.54, 1.807) is 5.57 Å². The third-order valence-electron chi connectivity index (χ3n) is 2.33. The second-order valence-electron chi connectivity index (χ2n) is 3.77. The summed E-state index contributed by atoms with van der Waals surface area (Å²) in [6.45, 7) is 8.33. The minimum absolute atomic E-state index is 0.767. The van der Waals surface area contributed by atoms with Crippen molar-refractivity contribution in [2.24, 2.45) is 17.4 Å². The standard InChI is InChI=1S/C10H16.CH4N2O.H2O2/c1-8(2)10-6-4-9(3)5-7-10;2-1(3)4;1-2/h4,10H,1,5-7H2,2-3H3;(H4,2,3,4);1-2H/t10-;;/m0../s1. The van der Waals surface area contributed by atoms with Crippen molar-refractivity contribution >= 4 is 6.03 Å². The highest BCUT2D eigenvalue weighted by Gasteiger charge is 2.11. The third-order valence-corrected chi connectivity index (χ3v) is 2.33. The average Bonchev–Trinajstić information content (AvgIpc) is 2.20. The molecule has 0 aliphatic heterocycles. The van der Waals surface area contributed by atoms with Gasteiger partial charge in [-0.05, 0) is 39.0 Å². The van der Waals surface area contributed by atoms with Crippen LogP contribution in [0.4, 0.5) is 4.79 Å². The van der Waals surface area contributed by atoms with Gasteiger partial charge in [0.1, 0.15) is 0 Å². The number of rotatable bonds is 1. The summed E-state index contributed by atoms with van der Waals surface area (Å²) in [4.78, 5) is 9.00. The average molecular weight is 230 g/mol. The van der Waals surface area contributed by atoms with Gasteiger partial charge in [0.15, 0.2) is 0 Å². The maximum Gasteiger partial charge on any atom is 0.309 e. The van der Waals surface area contributed by atoms with Crippen molar-refractivity contribution in [1.29, 1.82) is 0 Å². The first-order chi connectivity index (χ1) is 7.43. The highest BCUT2D eigenvalue weighted by atomic mass is 17.0. The van der Waals surface area contributed by atoms with Crippen LogP contribution >= 0.6 is 0 Å². The minimum atomic E-state index is -0.833. The molecule has 0 spiro atoms. The van der Waals surface area contributed by atoms with Gasteiger partial charge in [0, 0.05) is 0 Å². The lowest BCUT2D eigenvalue weighted by atomic mass is 9.86. The molecule has 0 bridgehead atoms. The Hall–Kier alpha value is -1.33. The predicted octanol–water partition coefficient (Wildman–Crippen LogP) is 2.35.